The van der Waals surface area contributed by atoms with Gasteiger partial charge in [-0.15, -0.1) is 0 Å². The molecule has 1 atom stereocenters. The molecular formula is C10H12BrNO3S. The maximum atomic E-state index is 11.7. The van der Waals surface area contributed by atoms with Gasteiger partial charge in [-0.25, -0.2) is 13.1 Å². The highest BCUT2D eigenvalue weighted by molar-refractivity contribution is 9.10. The van der Waals surface area contributed by atoms with Crippen molar-refractivity contribution in [1.82, 2.24) is 4.72 Å². The summed E-state index contributed by atoms with van der Waals surface area (Å²) < 4.78 is 25.4. The van der Waals surface area contributed by atoms with E-state index in [1.165, 1.54) is 12.1 Å². The van der Waals surface area contributed by atoms with Crippen molar-refractivity contribution in [3.63, 3.8) is 0 Å². The average molecular weight is 306 g/mol. The molecule has 0 aliphatic heterocycles. The molecule has 1 rings (SSSR count). The quantitative estimate of drug-likeness (QED) is 0.861. The lowest BCUT2D eigenvalue weighted by molar-refractivity contribution is -0.118. The van der Waals surface area contributed by atoms with Gasteiger partial charge < -0.3 is 0 Å². The smallest absolute Gasteiger partial charge is 0.264 e. The summed E-state index contributed by atoms with van der Waals surface area (Å²) in [5, 5.41) is 0. The predicted octanol–water partition coefficient (Wildman–Crippen LogP) is 1.67. The zero-order chi connectivity index (χ0) is 12.2. The van der Waals surface area contributed by atoms with Gasteiger partial charge in [0.25, 0.3) is 10.0 Å². The first-order valence-corrected chi connectivity index (χ1v) is 7.13. The Kier molecular flexibility index (Phi) is 4.49. The molecule has 0 bridgehead atoms. The number of amides is 1. The first kappa shape index (κ1) is 13.2. The molecule has 16 heavy (non-hydrogen) atoms. The van der Waals surface area contributed by atoms with Crippen molar-refractivity contribution in [3.8, 4) is 0 Å². The number of hydrogen-bond acceptors (Lipinski definition) is 3. The van der Waals surface area contributed by atoms with Gasteiger partial charge in [0.05, 0.1) is 9.72 Å². The summed E-state index contributed by atoms with van der Waals surface area (Å²) in [5.41, 5.74) is 0. The van der Waals surface area contributed by atoms with Crippen molar-refractivity contribution < 1.29 is 13.2 Å². The Balaban J connectivity index is 2.86. The molecule has 0 saturated carbocycles. The monoisotopic (exact) mass is 305 g/mol. The Bertz CT molecular complexity index is 458. The van der Waals surface area contributed by atoms with Crippen LogP contribution >= 0.6 is 15.9 Å². The molecule has 88 valence electrons. The fourth-order valence-electron chi connectivity index (χ4n) is 1.04. The zero-order valence-corrected chi connectivity index (χ0v) is 11.1. The predicted molar refractivity (Wildman–Crippen MR) is 64.8 cm³/mol. The first-order valence-electron chi connectivity index (χ1n) is 4.73. The maximum absolute atomic E-state index is 11.7. The fourth-order valence-corrected chi connectivity index (χ4v) is 2.35. The van der Waals surface area contributed by atoms with Gasteiger partial charge >= 0.3 is 0 Å². The summed E-state index contributed by atoms with van der Waals surface area (Å²) in [7, 11) is -3.74. The molecule has 0 aliphatic carbocycles. The van der Waals surface area contributed by atoms with Crippen LogP contribution in [-0.4, -0.2) is 19.2 Å². The van der Waals surface area contributed by atoms with E-state index in [0.717, 1.165) is 0 Å². The molecule has 1 aromatic rings. The first-order chi connectivity index (χ1) is 7.47. The fraction of sp³-hybridized carbons (Fsp3) is 0.300. The van der Waals surface area contributed by atoms with Crippen molar-refractivity contribution in [3.05, 3.63) is 30.3 Å². The summed E-state index contributed by atoms with van der Waals surface area (Å²) >= 11 is 3.09. The Morgan fingerprint density at radius 3 is 2.44 bits per heavy atom. The number of carbonyl (C=O) groups excluding carboxylic acids is 1. The van der Waals surface area contributed by atoms with Crippen LogP contribution in [0.3, 0.4) is 0 Å². The molecule has 0 radical (unpaired) electrons. The normalized spacial score (nSPS) is 13.1. The van der Waals surface area contributed by atoms with Crippen molar-refractivity contribution in [1.29, 1.82) is 0 Å². The molecule has 0 fully saturated rings. The summed E-state index contributed by atoms with van der Waals surface area (Å²) in [6.07, 6.45) is 0.524. The third-order valence-corrected chi connectivity index (χ3v) is 4.36. The Labute approximate surface area is 103 Å². The number of benzene rings is 1. The number of hydrogen-bond donors (Lipinski definition) is 1. The Morgan fingerprint density at radius 2 is 1.94 bits per heavy atom. The molecule has 6 heteroatoms. The van der Waals surface area contributed by atoms with E-state index in [1.54, 1.807) is 25.1 Å². The third kappa shape index (κ3) is 3.31. The van der Waals surface area contributed by atoms with Crippen LogP contribution in [0.15, 0.2) is 35.2 Å². The van der Waals surface area contributed by atoms with E-state index in [0.29, 0.717) is 6.42 Å². The minimum absolute atomic E-state index is 0.0825. The number of halogens is 1. The molecule has 1 unspecified atom stereocenters. The van der Waals surface area contributed by atoms with Gasteiger partial charge in [0.2, 0.25) is 5.91 Å². The van der Waals surface area contributed by atoms with Crippen LogP contribution in [0.5, 0.6) is 0 Å². The summed E-state index contributed by atoms with van der Waals surface area (Å²) in [6.45, 7) is 1.79. The lowest BCUT2D eigenvalue weighted by Crippen LogP contribution is -2.35. The molecule has 0 saturated heterocycles. The molecule has 1 aromatic carbocycles. The Hall–Kier alpha value is -0.880. The lowest BCUT2D eigenvalue weighted by Gasteiger charge is -2.09. The van der Waals surface area contributed by atoms with Crippen molar-refractivity contribution in [2.75, 3.05) is 0 Å². The van der Waals surface area contributed by atoms with E-state index >= 15 is 0 Å². The molecule has 0 spiro atoms. The SMILES string of the molecule is CCC(Br)C(=O)NS(=O)(=O)c1ccccc1. The second-order valence-corrected chi connectivity index (χ2v) is 5.95. The van der Waals surface area contributed by atoms with Crippen LogP contribution in [-0.2, 0) is 14.8 Å². The van der Waals surface area contributed by atoms with E-state index in [-0.39, 0.29) is 4.90 Å². The second-order valence-electron chi connectivity index (χ2n) is 3.16. The second kappa shape index (κ2) is 5.45. The van der Waals surface area contributed by atoms with Gasteiger partial charge in [-0.05, 0) is 18.6 Å². The van der Waals surface area contributed by atoms with Crippen molar-refractivity contribution in [2.45, 2.75) is 23.1 Å². The zero-order valence-electron chi connectivity index (χ0n) is 8.68. The van der Waals surface area contributed by atoms with Crippen LogP contribution in [0.1, 0.15) is 13.3 Å². The van der Waals surface area contributed by atoms with Gasteiger partial charge in [0.15, 0.2) is 0 Å². The van der Waals surface area contributed by atoms with Gasteiger partial charge in [-0.3, -0.25) is 4.79 Å². The van der Waals surface area contributed by atoms with Crippen molar-refractivity contribution in [2.24, 2.45) is 0 Å². The van der Waals surface area contributed by atoms with Crippen LogP contribution in [0.2, 0.25) is 0 Å². The van der Waals surface area contributed by atoms with Gasteiger partial charge in [0.1, 0.15) is 0 Å². The third-order valence-electron chi connectivity index (χ3n) is 1.93. The standard InChI is InChI=1S/C10H12BrNO3S/c1-2-9(11)10(13)12-16(14,15)8-6-4-3-5-7-8/h3-7,9H,2H2,1H3,(H,12,13). The average Bonchev–Trinajstić information content (AvgIpc) is 2.28. The van der Waals surface area contributed by atoms with Crippen LogP contribution in [0.25, 0.3) is 0 Å². The minimum atomic E-state index is -3.74. The number of carbonyl (C=O) groups is 1. The van der Waals surface area contributed by atoms with Crippen molar-refractivity contribution >= 4 is 31.9 Å². The molecule has 0 aromatic heterocycles. The maximum Gasteiger partial charge on any atom is 0.264 e. The van der Waals surface area contributed by atoms with Crippen LogP contribution in [0, 0.1) is 0 Å². The minimum Gasteiger partial charge on any atom is -0.273 e. The summed E-state index contributed by atoms with van der Waals surface area (Å²) in [4.78, 5) is 11.0. The van der Waals surface area contributed by atoms with E-state index in [9.17, 15) is 13.2 Å². The van der Waals surface area contributed by atoms with Gasteiger partial charge in [0, 0.05) is 0 Å². The highest BCUT2D eigenvalue weighted by Gasteiger charge is 2.21. The van der Waals surface area contributed by atoms with Crippen LogP contribution in [0.4, 0.5) is 0 Å². The molecule has 1 amide bonds. The molecule has 1 N–H and O–H groups in total. The van der Waals surface area contributed by atoms with Gasteiger partial charge in [-0.1, -0.05) is 41.1 Å². The highest BCUT2D eigenvalue weighted by Crippen LogP contribution is 2.10. The van der Waals surface area contributed by atoms with E-state index in [1.807, 2.05) is 4.72 Å². The number of alkyl halides is 1. The topological polar surface area (TPSA) is 63.2 Å². The largest absolute Gasteiger partial charge is 0.273 e. The molecule has 4 nitrogen and oxygen atoms in total. The van der Waals surface area contributed by atoms with Gasteiger partial charge in [-0.2, -0.15) is 0 Å². The lowest BCUT2D eigenvalue weighted by atomic mass is 10.3. The van der Waals surface area contributed by atoms with E-state index < -0.39 is 20.8 Å². The highest BCUT2D eigenvalue weighted by atomic mass is 79.9. The Morgan fingerprint density at radius 1 is 1.38 bits per heavy atom. The molecule has 0 heterocycles. The number of nitrogens with one attached hydrogen (secondary N) is 1. The van der Waals surface area contributed by atoms with E-state index in [4.69, 9.17) is 0 Å². The molecular weight excluding hydrogens is 294 g/mol. The van der Waals surface area contributed by atoms with Crippen LogP contribution < -0.4 is 4.72 Å². The number of rotatable bonds is 4. The summed E-state index contributed by atoms with van der Waals surface area (Å²) in [6, 6.07) is 7.78. The summed E-state index contributed by atoms with van der Waals surface area (Å²) in [5.74, 6) is -0.550. The number of sulfonamides is 1. The molecule has 0 aliphatic rings. The van der Waals surface area contributed by atoms with E-state index in [2.05, 4.69) is 15.9 Å².